The van der Waals surface area contributed by atoms with Crippen molar-refractivity contribution in [1.82, 2.24) is 5.32 Å². The van der Waals surface area contributed by atoms with Gasteiger partial charge in [0.15, 0.2) is 0 Å². The number of benzene rings is 1. The van der Waals surface area contributed by atoms with Gasteiger partial charge in [-0.3, -0.25) is 0 Å². The van der Waals surface area contributed by atoms with Crippen molar-refractivity contribution in [3.63, 3.8) is 0 Å². The lowest BCUT2D eigenvalue weighted by Crippen LogP contribution is -2.39. The second kappa shape index (κ2) is 4.40. The Morgan fingerprint density at radius 3 is 2.38 bits per heavy atom. The van der Waals surface area contributed by atoms with Gasteiger partial charge in [-0.2, -0.15) is 0 Å². The summed E-state index contributed by atoms with van der Waals surface area (Å²) in [5.74, 6) is 0. The molecule has 1 aromatic rings. The van der Waals surface area contributed by atoms with Crippen molar-refractivity contribution >= 4 is 0 Å². The van der Waals surface area contributed by atoms with Gasteiger partial charge in [-0.1, -0.05) is 30.3 Å². The van der Waals surface area contributed by atoms with Gasteiger partial charge in [0.2, 0.25) is 0 Å². The van der Waals surface area contributed by atoms with Crippen LogP contribution in [0.15, 0.2) is 30.3 Å². The van der Waals surface area contributed by atoms with E-state index in [-0.39, 0.29) is 5.54 Å². The monoisotopic (exact) mass is 178 g/mol. The summed E-state index contributed by atoms with van der Waals surface area (Å²) in [5.41, 5.74) is 6.76. The van der Waals surface area contributed by atoms with Crippen molar-refractivity contribution < 1.29 is 0 Å². The van der Waals surface area contributed by atoms with E-state index in [1.165, 1.54) is 5.56 Å². The SMILES string of the molecule is CC(C)(NCCN)c1ccccc1. The molecule has 72 valence electrons. The molecule has 0 saturated heterocycles. The first-order chi connectivity index (χ1) is 6.17. The molecule has 1 rings (SSSR count). The average Bonchev–Trinajstić information content (AvgIpc) is 2.16. The van der Waals surface area contributed by atoms with E-state index in [4.69, 9.17) is 5.73 Å². The molecule has 3 N–H and O–H groups in total. The van der Waals surface area contributed by atoms with E-state index in [1.54, 1.807) is 0 Å². The Bertz CT molecular complexity index is 242. The fourth-order valence-electron chi connectivity index (χ4n) is 1.34. The average molecular weight is 178 g/mol. The first-order valence-corrected chi connectivity index (χ1v) is 4.67. The van der Waals surface area contributed by atoms with Crippen molar-refractivity contribution in [2.45, 2.75) is 19.4 Å². The molecule has 0 fully saturated rings. The van der Waals surface area contributed by atoms with Crippen LogP contribution in [0, 0.1) is 0 Å². The van der Waals surface area contributed by atoms with Crippen molar-refractivity contribution in [3.05, 3.63) is 35.9 Å². The minimum atomic E-state index is 0.0145. The van der Waals surface area contributed by atoms with Crippen molar-refractivity contribution in [3.8, 4) is 0 Å². The Balaban J connectivity index is 2.69. The summed E-state index contributed by atoms with van der Waals surface area (Å²) in [6.45, 7) is 5.86. The third kappa shape index (κ3) is 2.83. The van der Waals surface area contributed by atoms with E-state index in [1.807, 2.05) is 6.07 Å². The zero-order valence-corrected chi connectivity index (χ0v) is 8.38. The van der Waals surface area contributed by atoms with E-state index >= 15 is 0 Å². The van der Waals surface area contributed by atoms with Crippen molar-refractivity contribution in [1.29, 1.82) is 0 Å². The predicted octanol–water partition coefficient (Wildman–Crippen LogP) is 1.47. The smallest absolute Gasteiger partial charge is 0.0377 e. The Morgan fingerprint density at radius 2 is 1.85 bits per heavy atom. The van der Waals surface area contributed by atoms with Crippen LogP contribution >= 0.6 is 0 Å². The molecule has 13 heavy (non-hydrogen) atoms. The van der Waals surface area contributed by atoms with E-state index in [0.29, 0.717) is 6.54 Å². The summed E-state index contributed by atoms with van der Waals surface area (Å²) in [5, 5.41) is 3.40. The molecule has 2 heteroatoms. The van der Waals surface area contributed by atoms with Gasteiger partial charge >= 0.3 is 0 Å². The Labute approximate surface area is 80.1 Å². The van der Waals surface area contributed by atoms with E-state index < -0.39 is 0 Å². The minimum Gasteiger partial charge on any atom is -0.329 e. The second-order valence-corrected chi connectivity index (χ2v) is 3.71. The van der Waals surface area contributed by atoms with Crippen LogP contribution in [0.25, 0.3) is 0 Å². The Morgan fingerprint density at radius 1 is 1.23 bits per heavy atom. The number of nitrogens with two attached hydrogens (primary N) is 1. The largest absolute Gasteiger partial charge is 0.329 e. The first-order valence-electron chi connectivity index (χ1n) is 4.67. The van der Waals surface area contributed by atoms with Gasteiger partial charge in [0.05, 0.1) is 0 Å². The van der Waals surface area contributed by atoms with Crippen LogP contribution in [0.1, 0.15) is 19.4 Å². The quantitative estimate of drug-likeness (QED) is 0.732. The lowest BCUT2D eigenvalue weighted by Gasteiger charge is -2.26. The number of rotatable bonds is 4. The topological polar surface area (TPSA) is 38.0 Å². The van der Waals surface area contributed by atoms with E-state index in [0.717, 1.165) is 6.54 Å². The Kier molecular flexibility index (Phi) is 3.46. The first kappa shape index (κ1) is 10.2. The molecule has 0 aliphatic heterocycles. The zero-order chi connectivity index (χ0) is 9.73. The highest BCUT2D eigenvalue weighted by molar-refractivity contribution is 5.22. The summed E-state index contributed by atoms with van der Waals surface area (Å²) >= 11 is 0. The molecule has 1 aromatic carbocycles. The maximum atomic E-state index is 5.45. The maximum Gasteiger partial charge on any atom is 0.0377 e. The molecule has 0 aliphatic rings. The third-order valence-corrected chi connectivity index (χ3v) is 2.21. The lowest BCUT2D eigenvalue weighted by atomic mass is 9.94. The molecular formula is C11H18N2. The molecule has 2 nitrogen and oxygen atoms in total. The van der Waals surface area contributed by atoms with E-state index in [2.05, 4.69) is 43.4 Å². The van der Waals surface area contributed by atoms with Crippen molar-refractivity contribution in [2.75, 3.05) is 13.1 Å². The number of hydrogen-bond acceptors (Lipinski definition) is 2. The fourth-order valence-corrected chi connectivity index (χ4v) is 1.34. The predicted molar refractivity (Wildman–Crippen MR) is 56.5 cm³/mol. The Hall–Kier alpha value is -0.860. The van der Waals surface area contributed by atoms with Gasteiger partial charge < -0.3 is 11.1 Å². The van der Waals surface area contributed by atoms with Crippen LogP contribution in [0.2, 0.25) is 0 Å². The second-order valence-electron chi connectivity index (χ2n) is 3.71. The van der Waals surface area contributed by atoms with Crippen LogP contribution < -0.4 is 11.1 Å². The van der Waals surface area contributed by atoms with Gasteiger partial charge in [0.25, 0.3) is 0 Å². The molecule has 0 amide bonds. The molecule has 0 saturated carbocycles. The van der Waals surface area contributed by atoms with Gasteiger partial charge in [-0.15, -0.1) is 0 Å². The summed E-state index contributed by atoms with van der Waals surface area (Å²) in [6, 6.07) is 10.4. The fraction of sp³-hybridized carbons (Fsp3) is 0.455. The summed E-state index contributed by atoms with van der Waals surface area (Å²) in [7, 11) is 0. The molecular weight excluding hydrogens is 160 g/mol. The highest BCUT2D eigenvalue weighted by Crippen LogP contribution is 2.18. The highest BCUT2D eigenvalue weighted by atomic mass is 15.0. The van der Waals surface area contributed by atoms with Gasteiger partial charge in [0, 0.05) is 18.6 Å². The van der Waals surface area contributed by atoms with Gasteiger partial charge in [-0.05, 0) is 19.4 Å². The third-order valence-electron chi connectivity index (χ3n) is 2.21. The summed E-state index contributed by atoms with van der Waals surface area (Å²) in [6.07, 6.45) is 0. The molecule has 0 heterocycles. The van der Waals surface area contributed by atoms with Crippen LogP contribution in [0.3, 0.4) is 0 Å². The highest BCUT2D eigenvalue weighted by Gasteiger charge is 2.17. The van der Waals surface area contributed by atoms with Crippen LogP contribution in [0.4, 0.5) is 0 Å². The standard InChI is InChI=1S/C11H18N2/c1-11(2,13-9-8-12)10-6-4-3-5-7-10/h3-7,13H,8-9,12H2,1-2H3. The summed E-state index contributed by atoms with van der Waals surface area (Å²) < 4.78 is 0. The zero-order valence-electron chi connectivity index (χ0n) is 8.38. The minimum absolute atomic E-state index is 0.0145. The number of hydrogen-bond donors (Lipinski definition) is 2. The molecule has 0 atom stereocenters. The van der Waals surface area contributed by atoms with Gasteiger partial charge in [0.1, 0.15) is 0 Å². The molecule has 0 bridgehead atoms. The number of nitrogens with one attached hydrogen (secondary N) is 1. The van der Waals surface area contributed by atoms with Gasteiger partial charge in [-0.25, -0.2) is 0 Å². The van der Waals surface area contributed by atoms with Crippen LogP contribution in [-0.4, -0.2) is 13.1 Å². The molecule has 0 unspecified atom stereocenters. The van der Waals surface area contributed by atoms with Crippen LogP contribution in [0.5, 0.6) is 0 Å². The molecule has 0 aliphatic carbocycles. The molecule has 0 spiro atoms. The van der Waals surface area contributed by atoms with Crippen molar-refractivity contribution in [2.24, 2.45) is 5.73 Å². The van der Waals surface area contributed by atoms with E-state index in [9.17, 15) is 0 Å². The maximum absolute atomic E-state index is 5.45. The normalized spacial score (nSPS) is 11.6. The van der Waals surface area contributed by atoms with Crippen LogP contribution in [-0.2, 0) is 5.54 Å². The lowest BCUT2D eigenvalue weighted by molar-refractivity contribution is 0.409. The molecule has 0 aromatic heterocycles. The molecule has 0 radical (unpaired) electrons. The summed E-state index contributed by atoms with van der Waals surface area (Å²) in [4.78, 5) is 0.